The highest BCUT2D eigenvalue weighted by molar-refractivity contribution is 7.90. The molecular formula is C15H19NO4S. The van der Waals surface area contributed by atoms with Crippen LogP contribution in [0.3, 0.4) is 0 Å². The summed E-state index contributed by atoms with van der Waals surface area (Å²) in [5.41, 5.74) is -0.352. The van der Waals surface area contributed by atoms with Gasteiger partial charge in [0.05, 0.1) is 16.5 Å². The number of hydrogen-bond donors (Lipinski definition) is 1. The third-order valence-corrected chi connectivity index (χ3v) is 5.52. The first-order chi connectivity index (χ1) is 9.81. The van der Waals surface area contributed by atoms with Gasteiger partial charge in [0, 0.05) is 18.4 Å². The minimum atomic E-state index is -3.33. The Morgan fingerprint density at radius 2 is 2.10 bits per heavy atom. The lowest BCUT2D eigenvalue weighted by Crippen LogP contribution is -2.44. The van der Waals surface area contributed by atoms with Crippen molar-refractivity contribution in [2.75, 3.05) is 12.8 Å². The summed E-state index contributed by atoms with van der Waals surface area (Å²) in [6.45, 7) is 0.620. The highest BCUT2D eigenvalue weighted by Crippen LogP contribution is 2.44. The SMILES string of the molecule is CS(=O)(=O)c1cccc(C(=O)N2CCCC2C2(O)CC2)c1. The number of carbonyl (C=O) groups excluding carboxylic acids is 1. The van der Waals surface area contributed by atoms with E-state index in [1.54, 1.807) is 17.0 Å². The molecule has 1 aromatic rings. The third kappa shape index (κ3) is 2.70. The standard InChI is InChI=1S/C15H19NO4S/c1-21(19,20)12-5-2-4-11(10-12)14(17)16-9-3-6-13(16)15(18)7-8-15/h2,4-5,10,13,18H,3,6-9H2,1H3. The molecule has 2 aliphatic rings. The quantitative estimate of drug-likeness (QED) is 0.911. The number of amides is 1. The Kier molecular flexibility index (Phi) is 3.33. The molecule has 0 spiro atoms. The number of aliphatic hydroxyl groups is 1. The summed E-state index contributed by atoms with van der Waals surface area (Å²) >= 11 is 0. The molecule has 21 heavy (non-hydrogen) atoms. The van der Waals surface area contributed by atoms with Gasteiger partial charge < -0.3 is 10.0 Å². The van der Waals surface area contributed by atoms with Crippen LogP contribution in [-0.2, 0) is 9.84 Å². The summed E-state index contributed by atoms with van der Waals surface area (Å²) < 4.78 is 23.2. The van der Waals surface area contributed by atoms with Crippen LogP contribution < -0.4 is 0 Å². The van der Waals surface area contributed by atoms with Crippen molar-refractivity contribution in [2.45, 2.75) is 42.2 Å². The van der Waals surface area contributed by atoms with Crippen molar-refractivity contribution in [3.8, 4) is 0 Å². The zero-order valence-corrected chi connectivity index (χ0v) is 12.8. The summed E-state index contributed by atoms with van der Waals surface area (Å²) in [4.78, 5) is 14.5. The molecular weight excluding hydrogens is 290 g/mol. The van der Waals surface area contributed by atoms with E-state index in [0.717, 1.165) is 31.9 Å². The zero-order chi connectivity index (χ0) is 15.3. The first-order valence-corrected chi connectivity index (χ1v) is 9.04. The topological polar surface area (TPSA) is 74.7 Å². The molecule has 5 nitrogen and oxygen atoms in total. The average Bonchev–Trinajstić information content (AvgIpc) is 3.00. The second kappa shape index (κ2) is 4.81. The monoisotopic (exact) mass is 309 g/mol. The van der Waals surface area contributed by atoms with Gasteiger partial charge >= 0.3 is 0 Å². The fourth-order valence-electron chi connectivity index (χ4n) is 3.06. The van der Waals surface area contributed by atoms with Gasteiger partial charge in [0.25, 0.3) is 5.91 Å². The van der Waals surface area contributed by atoms with Gasteiger partial charge in [0.2, 0.25) is 0 Å². The third-order valence-electron chi connectivity index (χ3n) is 4.41. The van der Waals surface area contributed by atoms with Crippen LogP contribution in [0.2, 0.25) is 0 Å². The number of hydrogen-bond acceptors (Lipinski definition) is 4. The molecule has 114 valence electrons. The van der Waals surface area contributed by atoms with Crippen LogP contribution in [0, 0.1) is 0 Å². The Morgan fingerprint density at radius 3 is 2.71 bits per heavy atom. The molecule has 1 aromatic carbocycles. The van der Waals surface area contributed by atoms with E-state index in [9.17, 15) is 18.3 Å². The molecule has 0 aromatic heterocycles. The van der Waals surface area contributed by atoms with Crippen molar-refractivity contribution < 1.29 is 18.3 Å². The number of likely N-dealkylation sites (tertiary alicyclic amines) is 1. The van der Waals surface area contributed by atoms with Crippen LogP contribution in [0.1, 0.15) is 36.0 Å². The van der Waals surface area contributed by atoms with Gasteiger partial charge in [-0.3, -0.25) is 4.79 Å². The van der Waals surface area contributed by atoms with Crippen molar-refractivity contribution in [3.05, 3.63) is 29.8 Å². The zero-order valence-electron chi connectivity index (χ0n) is 11.9. The normalized spacial score (nSPS) is 24.1. The summed E-state index contributed by atoms with van der Waals surface area (Å²) in [5.74, 6) is -0.191. The molecule has 1 heterocycles. The maximum absolute atomic E-state index is 12.6. The Balaban J connectivity index is 1.88. The minimum Gasteiger partial charge on any atom is -0.388 e. The lowest BCUT2D eigenvalue weighted by Gasteiger charge is -2.29. The molecule has 1 saturated carbocycles. The first-order valence-electron chi connectivity index (χ1n) is 7.15. The highest BCUT2D eigenvalue weighted by atomic mass is 32.2. The summed E-state index contributed by atoms with van der Waals surface area (Å²) in [6, 6.07) is 5.99. The Bertz CT molecular complexity index is 679. The number of rotatable bonds is 3. The maximum atomic E-state index is 12.6. The van der Waals surface area contributed by atoms with Crippen molar-refractivity contribution in [3.63, 3.8) is 0 Å². The van der Waals surface area contributed by atoms with Gasteiger partial charge in [-0.2, -0.15) is 0 Å². The number of benzene rings is 1. The van der Waals surface area contributed by atoms with Gasteiger partial charge in [0.1, 0.15) is 0 Å². The van der Waals surface area contributed by atoms with Crippen molar-refractivity contribution >= 4 is 15.7 Å². The molecule has 1 aliphatic heterocycles. The van der Waals surface area contributed by atoms with Crippen LogP contribution in [0.15, 0.2) is 29.2 Å². The van der Waals surface area contributed by atoms with Crippen molar-refractivity contribution in [1.29, 1.82) is 0 Å². The number of sulfone groups is 1. The Labute approximate surface area is 124 Å². The maximum Gasteiger partial charge on any atom is 0.254 e. The molecule has 0 radical (unpaired) electrons. The average molecular weight is 309 g/mol. The van der Waals surface area contributed by atoms with Gasteiger partial charge in [-0.15, -0.1) is 0 Å². The molecule has 1 atom stereocenters. The summed E-state index contributed by atoms with van der Waals surface area (Å²) in [6.07, 6.45) is 4.30. The predicted octanol–water partition coefficient (Wildman–Crippen LogP) is 1.22. The summed E-state index contributed by atoms with van der Waals surface area (Å²) in [7, 11) is -3.33. The van der Waals surface area contributed by atoms with E-state index in [1.165, 1.54) is 12.1 Å². The second-order valence-electron chi connectivity index (χ2n) is 6.06. The molecule has 6 heteroatoms. The lowest BCUT2D eigenvalue weighted by atomic mass is 10.1. The van der Waals surface area contributed by atoms with E-state index in [0.29, 0.717) is 12.1 Å². The minimum absolute atomic E-state index is 0.133. The van der Waals surface area contributed by atoms with Crippen LogP contribution in [0.25, 0.3) is 0 Å². The second-order valence-corrected chi connectivity index (χ2v) is 8.08. The highest BCUT2D eigenvalue weighted by Gasteiger charge is 2.52. The molecule has 1 unspecified atom stereocenters. The van der Waals surface area contributed by atoms with E-state index in [-0.39, 0.29) is 16.8 Å². The van der Waals surface area contributed by atoms with E-state index in [4.69, 9.17) is 0 Å². The van der Waals surface area contributed by atoms with E-state index in [2.05, 4.69) is 0 Å². The van der Waals surface area contributed by atoms with Gasteiger partial charge in [0.15, 0.2) is 9.84 Å². The van der Waals surface area contributed by atoms with E-state index in [1.807, 2.05) is 0 Å². The van der Waals surface area contributed by atoms with Gasteiger partial charge in [-0.05, 0) is 43.9 Å². The van der Waals surface area contributed by atoms with Crippen molar-refractivity contribution in [1.82, 2.24) is 4.90 Å². The molecule has 1 amide bonds. The summed E-state index contributed by atoms with van der Waals surface area (Å²) in [5, 5.41) is 10.3. The number of nitrogens with zero attached hydrogens (tertiary/aromatic N) is 1. The predicted molar refractivity (Wildman–Crippen MR) is 77.8 cm³/mol. The van der Waals surface area contributed by atoms with E-state index < -0.39 is 15.4 Å². The van der Waals surface area contributed by atoms with Gasteiger partial charge in [-0.1, -0.05) is 6.07 Å². The number of carbonyl (C=O) groups is 1. The molecule has 3 rings (SSSR count). The van der Waals surface area contributed by atoms with Crippen LogP contribution >= 0.6 is 0 Å². The Hall–Kier alpha value is -1.40. The molecule has 1 saturated heterocycles. The smallest absolute Gasteiger partial charge is 0.254 e. The fourth-order valence-corrected chi connectivity index (χ4v) is 3.72. The van der Waals surface area contributed by atoms with Crippen LogP contribution in [-0.4, -0.2) is 48.8 Å². The fraction of sp³-hybridized carbons (Fsp3) is 0.533. The molecule has 1 N–H and O–H groups in total. The molecule has 1 aliphatic carbocycles. The van der Waals surface area contributed by atoms with Gasteiger partial charge in [-0.25, -0.2) is 8.42 Å². The van der Waals surface area contributed by atoms with Crippen LogP contribution in [0.5, 0.6) is 0 Å². The first kappa shape index (κ1) is 14.5. The largest absolute Gasteiger partial charge is 0.388 e. The lowest BCUT2D eigenvalue weighted by molar-refractivity contribution is 0.0386. The molecule has 0 bridgehead atoms. The Morgan fingerprint density at radius 1 is 1.38 bits per heavy atom. The van der Waals surface area contributed by atoms with Crippen molar-refractivity contribution in [2.24, 2.45) is 0 Å². The molecule has 2 fully saturated rings. The van der Waals surface area contributed by atoms with E-state index >= 15 is 0 Å². The van der Waals surface area contributed by atoms with Crippen LogP contribution in [0.4, 0.5) is 0 Å².